The van der Waals surface area contributed by atoms with Crippen molar-refractivity contribution in [2.24, 2.45) is 0 Å². The molecule has 0 atom stereocenters. The summed E-state index contributed by atoms with van der Waals surface area (Å²) in [5.74, 6) is -0.151. The Morgan fingerprint density at radius 1 is 1.21 bits per heavy atom. The maximum absolute atomic E-state index is 12.1. The Morgan fingerprint density at radius 2 is 1.89 bits per heavy atom. The molecule has 0 aliphatic heterocycles. The van der Waals surface area contributed by atoms with E-state index in [9.17, 15) is 4.79 Å². The average molecular weight is 336 g/mol. The van der Waals surface area contributed by atoms with Gasteiger partial charge in [0.05, 0.1) is 5.56 Å². The van der Waals surface area contributed by atoms with Gasteiger partial charge in [0.25, 0.3) is 5.91 Å². The largest absolute Gasteiger partial charge is 0.322 e. The molecule has 2 aromatic carbocycles. The first-order chi connectivity index (χ1) is 9.10. The summed E-state index contributed by atoms with van der Waals surface area (Å²) in [5, 5.41) is 2.87. The summed E-state index contributed by atoms with van der Waals surface area (Å²) in [5.41, 5.74) is 2.60. The van der Waals surface area contributed by atoms with Crippen LogP contribution < -0.4 is 5.32 Å². The van der Waals surface area contributed by atoms with Crippen LogP contribution in [-0.4, -0.2) is 5.91 Å². The topological polar surface area (TPSA) is 29.1 Å². The highest BCUT2D eigenvalue weighted by Gasteiger charge is 2.09. The lowest BCUT2D eigenvalue weighted by atomic mass is 10.1. The Labute approximate surface area is 126 Å². The number of aryl methyl sites for hydroxylation is 1. The molecule has 0 bridgehead atoms. The Balaban J connectivity index is 2.15. The zero-order chi connectivity index (χ0) is 13.8. The minimum absolute atomic E-state index is 0.151. The van der Waals surface area contributed by atoms with Gasteiger partial charge in [-0.15, -0.1) is 12.6 Å². The lowest BCUT2D eigenvalue weighted by Crippen LogP contribution is -2.12. The maximum atomic E-state index is 12.1. The molecule has 2 nitrogen and oxygen atoms in total. The second kappa shape index (κ2) is 6.26. The van der Waals surface area contributed by atoms with Crippen LogP contribution in [0.15, 0.2) is 51.8 Å². The number of halogens is 1. The van der Waals surface area contributed by atoms with Gasteiger partial charge in [0.2, 0.25) is 0 Å². The van der Waals surface area contributed by atoms with Crippen LogP contribution in [0.1, 0.15) is 22.8 Å². The summed E-state index contributed by atoms with van der Waals surface area (Å²) in [6.45, 7) is 2.10. The predicted octanol–water partition coefficient (Wildman–Crippen LogP) is 4.55. The molecule has 0 aromatic heterocycles. The standard InChI is InChI=1S/C15H14BrNOS/c1-2-10-3-6-12(7-4-10)17-15(18)13-8-5-11(16)9-14(13)19/h3-9,19H,2H2,1H3,(H,17,18). The molecule has 0 fully saturated rings. The number of hydrogen-bond donors (Lipinski definition) is 2. The molecule has 2 rings (SSSR count). The zero-order valence-corrected chi connectivity index (χ0v) is 13.0. The summed E-state index contributed by atoms with van der Waals surface area (Å²) in [4.78, 5) is 12.8. The number of thiol groups is 1. The fourth-order valence-electron chi connectivity index (χ4n) is 1.72. The van der Waals surface area contributed by atoms with Crippen LogP contribution in [0.5, 0.6) is 0 Å². The van der Waals surface area contributed by atoms with Crippen molar-refractivity contribution in [3.05, 3.63) is 58.1 Å². The van der Waals surface area contributed by atoms with Gasteiger partial charge in [0.15, 0.2) is 0 Å². The number of carbonyl (C=O) groups excluding carboxylic acids is 1. The van der Waals surface area contributed by atoms with Crippen molar-refractivity contribution in [3.8, 4) is 0 Å². The molecule has 0 saturated heterocycles. The molecule has 0 saturated carbocycles. The van der Waals surface area contributed by atoms with Crippen molar-refractivity contribution in [2.75, 3.05) is 5.32 Å². The number of anilines is 1. The lowest BCUT2D eigenvalue weighted by Gasteiger charge is -2.08. The summed E-state index contributed by atoms with van der Waals surface area (Å²) in [6.07, 6.45) is 0.988. The van der Waals surface area contributed by atoms with Crippen LogP contribution in [0.3, 0.4) is 0 Å². The Bertz CT molecular complexity index is 596. The van der Waals surface area contributed by atoms with E-state index in [2.05, 4.69) is 40.8 Å². The molecule has 0 unspecified atom stereocenters. The molecule has 0 aliphatic carbocycles. The molecule has 1 amide bonds. The first kappa shape index (κ1) is 14.2. The van der Waals surface area contributed by atoms with E-state index in [-0.39, 0.29) is 5.91 Å². The fourth-order valence-corrected chi connectivity index (χ4v) is 2.57. The minimum atomic E-state index is -0.151. The Morgan fingerprint density at radius 3 is 2.47 bits per heavy atom. The molecule has 0 spiro atoms. The van der Waals surface area contributed by atoms with Crippen LogP contribution >= 0.6 is 28.6 Å². The van der Waals surface area contributed by atoms with Gasteiger partial charge in [-0.2, -0.15) is 0 Å². The number of amides is 1. The molecule has 1 N–H and O–H groups in total. The van der Waals surface area contributed by atoms with Crippen molar-refractivity contribution in [3.63, 3.8) is 0 Å². The molecular weight excluding hydrogens is 322 g/mol. The van der Waals surface area contributed by atoms with Gasteiger partial charge in [0.1, 0.15) is 0 Å². The van der Waals surface area contributed by atoms with E-state index in [0.717, 1.165) is 16.6 Å². The van der Waals surface area contributed by atoms with E-state index in [1.54, 1.807) is 12.1 Å². The van der Waals surface area contributed by atoms with Crippen LogP contribution in [0, 0.1) is 0 Å². The highest BCUT2D eigenvalue weighted by atomic mass is 79.9. The number of carbonyl (C=O) groups is 1. The summed E-state index contributed by atoms with van der Waals surface area (Å²) in [6, 6.07) is 13.2. The first-order valence-corrected chi connectivity index (χ1v) is 7.23. The molecule has 2 aromatic rings. The van der Waals surface area contributed by atoms with Gasteiger partial charge in [-0.05, 0) is 42.3 Å². The van der Waals surface area contributed by atoms with Crippen molar-refractivity contribution in [2.45, 2.75) is 18.2 Å². The lowest BCUT2D eigenvalue weighted by molar-refractivity contribution is 0.102. The van der Waals surface area contributed by atoms with E-state index in [0.29, 0.717) is 10.5 Å². The predicted molar refractivity (Wildman–Crippen MR) is 85.2 cm³/mol. The van der Waals surface area contributed by atoms with Gasteiger partial charge in [-0.25, -0.2) is 0 Å². The van der Waals surface area contributed by atoms with E-state index >= 15 is 0 Å². The molecule has 0 heterocycles. The van der Waals surface area contributed by atoms with Gasteiger partial charge < -0.3 is 5.32 Å². The van der Waals surface area contributed by atoms with E-state index < -0.39 is 0 Å². The molecule has 0 aliphatic rings. The van der Waals surface area contributed by atoms with Crippen molar-refractivity contribution in [1.82, 2.24) is 0 Å². The summed E-state index contributed by atoms with van der Waals surface area (Å²) < 4.78 is 0.904. The van der Waals surface area contributed by atoms with Crippen LogP contribution in [0.2, 0.25) is 0 Å². The second-order valence-electron chi connectivity index (χ2n) is 4.17. The van der Waals surface area contributed by atoms with Crippen molar-refractivity contribution in [1.29, 1.82) is 0 Å². The monoisotopic (exact) mass is 335 g/mol. The smallest absolute Gasteiger partial charge is 0.256 e. The maximum Gasteiger partial charge on any atom is 0.256 e. The van der Waals surface area contributed by atoms with Crippen molar-refractivity contribution >= 4 is 40.2 Å². The van der Waals surface area contributed by atoms with Crippen LogP contribution in [0.25, 0.3) is 0 Å². The van der Waals surface area contributed by atoms with Gasteiger partial charge in [-0.3, -0.25) is 4.79 Å². The number of benzene rings is 2. The zero-order valence-electron chi connectivity index (χ0n) is 10.5. The van der Waals surface area contributed by atoms with E-state index in [4.69, 9.17) is 0 Å². The number of nitrogens with one attached hydrogen (secondary N) is 1. The highest BCUT2D eigenvalue weighted by molar-refractivity contribution is 9.10. The SMILES string of the molecule is CCc1ccc(NC(=O)c2ccc(Br)cc2S)cc1. The Kier molecular flexibility index (Phi) is 4.66. The summed E-state index contributed by atoms with van der Waals surface area (Å²) in [7, 11) is 0. The fraction of sp³-hybridized carbons (Fsp3) is 0.133. The third kappa shape index (κ3) is 3.61. The molecule has 98 valence electrons. The molecule has 4 heteroatoms. The molecule has 19 heavy (non-hydrogen) atoms. The third-order valence-corrected chi connectivity index (χ3v) is 3.69. The van der Waals surface area contributed by atoms with Crippen molar-refractivity contribution < 1.29 is 4.79 Å². The molecule has 0 radical (unpaired) electrons. The number of rotatable bonds is 3. The first-order valence-electron chi connectivity index (χ1n) is 5.99. The van der Waals surface area contributed by atoms with Gasteiger partial charge in [-0.1, -0.05) is 35.0 Å². The third-order valence-electron chi connectivity index (χ3n) is 2.82. The van der Waals surface area contributed by atoms with Gasteiger partial charge >= 0.3 is 0 Å². The van der Waals surface area contributed by atoms with Gasteiger partial charge in [0, 0.05) is 15.1 Å². The Hall–Kier alpha value is -1.26. The minimum Gasteiger partial charge on any atom is -0.322 e. The van der Waals surface area contributed by atoms with Crippen LogP contribution in [-0.2, 0) is 6.42 Å². The van der Waals surface area contributed by atoms with E-state index in [1.807, 2.05) is 30.3 Å². The number of hydrogen-bond acceptors (Lipinski definition) is 2. The average Bonchev–Trinajstić information content (AvgIpc) is 2.39. The quantitative estimate of drug-likeness (QED) is 0.791. The van der Waals surface area contributed by atoms with Crippen LogP contribution in [0.4, 0.5) is 5.69 Å². The summed E-state index contributed by atoms with van der Waals surface area (Å²) >= 11 is 7.66. The normalized spacial score (nSPS) is 10.3. The highest BCUT2D eigenvalue weighted by Crippen LogP contribution is 2.21. The second-order valence-corrected chi connectivity index (χ2v) is 5.56. The molecular formula is C15H14BrNOS. The van der Waals surface area contributed by atoms with E-state index in [1.165, 1.54) is 5.56 Å².